The van der Waals surface area contributed by atoms with Crippen molar-refractivity contribution in [3.05, 3.63) is 83.8 Å². The van der Waals surface area contributed by atoms with Crippen LogP contribution in [0.1, 0.15) is 48.2 Å². The van der Waals surface area contributed by atoms with Crippen molar-refractivity contribution in [2.45, 2.75) is 51.2 Å². The van der Waals surface area contributed by atoms with E-state index in [1.165, 1.54) is 10.5 Å². The van der Waals surface area contributed by atoms with Gasteiger partial charge in [-0.15, -0.1) is 0 Å². The molecule has 0 spiro atoms. The Morgan fingerprint density at radius 1 is 1.05 bits per heavy atom. The summed E-state index contributed by atoms with van der Waals surface area (Å²) in [4.78, 5) is 44.0. The number of nitrogens with two attached hydrogens (primary N) is 1. The number of nitrogens with one attached hydrogen (secondary N) is 2. The number of aromatic nitrogens is 2. The van der Waals surface area contributed by atoms with Crippen LogP contribution in [0, 0.1) is 0 Å². The number of hydrogen-bond donors (Lipinski definition) is 3. The fourth-order valence-electron chi connectivity index (χ4n) is 3.80. The number of anilines is 1. The Balaban J connectivity index is 1.68. The second-order valence-corrected chi connectivity index (χ2v) is 9.90. The largest absolute Gasteiger partial charge is 0.345 e. The summed E-state index contributed by atoms with van der Waals surface area (Å²) in [6.45, 7) is 3.61. The van der Waals surface area contributed by atoms with E-state index in [-0.39, 0.29) is 11.8 Å². The average Bonchev–Trinajstić information content (AvgIpc) is 3.29. The molecule has 1 unspecified atom stereocenters. The maximum atomic E-state index is 13.1. The van der Waals surface area contributed by atoms with Gasteiger partial charge >= 0.3 is 0 Å². The highest BCUT2D eigenvalue weighted by Crippen LogP contribution is 2.15. The Morgan fingerprint density at radius 2 is 1.73 bits per heavy atom. The van der Waals surface area contributed by atoms with E-state index in [1.807, 2.05) is 48.5 Å². The predicted molar refractivity (Wildman–Crippen MR) is 144 cm³/mol. The lowest BCUT2D eigenvalue weighted by Gasteiger charge is -2.23. The molecule has 9 heteroatoms. The molecule has 3 amide bonds. The molecule has 1 aromatic heterocycles. The first-order valence-electron chi connectivity index (χ1n) is 12.3. The third-order valence-electron chi connectivity index (χ3n) is 5.90. The third kappa shape index (κ3) is 8.01. The molecule has 2 aromatic carbocycles. The molecular weight excluding hydrogens is 468 g/mol. The molecule has 1 heterocycles. The monoisotopic (exact) mass is 504 g/mol. The van der Waals surface area contributed by atoms with Gasteiger partial charge < -0.3 is 25.8 Å². The molecule has 3 rings (SSSR count). The lowest BCUT2D eigenvalue weighted by molar-refractivity contribution is -0.129. The van der Waals surface area contributed by atoms with Crippen molar-refractivity contribution < 1.29 is 14.4 Å². The van der Waals surface area contributed by atoms with E-state index < -0.39 is 17.5 Å². The van der Waals surface area contributed by atoms with E-state index >= 15 is 0 Å². The van der Waals surface area contributed by atoms with E-state index in [0.717, 1.165) is 12.0 Å². The molecule has 0 bridgehead atoms. The molecular formula is C28H36N6O3. The minimum Gasteiger partial charge on any atom is -0.345 e. The van der Waals surface area contributed by atoms with Crippen molar-refractivity contribution in [2.75, 3.05) is 19.4 Å². The Bertz CT molecular complexity index is 1210. The zero-order valence-electron chi connectivity index (χ0n) is 21.9. The molecule has 0 aliphatic rings. The lowest BCUT2D eigenvalue weighted by atomic mass is 10.0. The number of amides is 3. The molecule has 37 heavy (non-hydrogen) atoms. The summed E-state index contributed by atoms with van der Waals surface area (Å²) in [7, 11) is 3.43. The van der Waals surface area contributed by atoms with Crippen LogP contribution in [0.4, 0.5) is 5.82 Å². The first-order chi connectivity index (χ1) is 17.5. The van der Waals surface area contributed by atoms with Gasteiger partial charge in [0.05, 0.1) is 11.9 Å². The second-order valence-electron chi connectivity index (χ2n) is 9.90. The fraction of sp³-hybridized carbons (Fsp3) is 0.357. The van der Waals surface area contributed by atoms with Gasteiger partial charge in [0.15, 0.2) is 5.82 Å². The fourth-order valence-corrected chi connectivity index (χ4v) is 3.80. The summed E-state index contributed by atoms with van der Waals surface area (Å²) in [5.41, 5.74) is 7.44. The highest BCUT2D eigenvalue weighted by atomic mass is 16.2. The van der Waals surface area contributed by atoms with Crippen LogP contribution >= 0.6 is 0 Å². The highest BCUT2D eigenvalue weighted by molar-refractivity contribution is 5.98. The number of carbonyl (C=O) groups excluding carboxylic acids is 3. The minimum atomic E-state index is -1.11. The van der Waals surface area contributed by atoms with E-state index in [1.54, 1.807) is 51.1 Å². The van der Waals surface area contributed by atoms with Crippen LogP contribution < -0.4 is 16.4 Å². The molecule has 1 atom stereocenters. The molecule has 9 nitrogen and oxygen atoms in total. The van der Waals surface area contributed by atoms with Crippen molar-refractivity contribution in [1.29, 1.82) is 0 Å². The zero-order valence-corrected chi connectivity index (χ0v) is 21.9. The van der Waals surface area contributed by atoms with E-state index in [4.69, 9.17) is 5.73 Å². The zero-order chi connectivity index (χ0) is 27.0. The highest BCUT2D eigenvalue weighted by Gasteiger charge is 2.28. The summed E-state index contributed by atoms with van der Waals surface area (Å²) >= 11 is 0. The molecule has 0 aliphatic heterocycles. The quantitative estimate of drug-likeness (QED) is 0.371. The first kappa shape index (κ1) is 27.6. The smallest absolute Gasteiger partial charge is 0.253 e. The number of rotatable bonds is 11. The van der Waals surface area contributed by atoms with Gasteiger partial charge in [-0.2, -0.15) is 0 Å². The van der Waals surface area contributed by atoms with Gasteiger partial charge in [-0.05, 0) is 50.3 Å². The Kier molecular flexibility index (Phi) is 9.19. The van der Waals surface area contributed by atoms with Crippen molar-refractivity contribution in [1.82, 2.24) is 19.8 Å². The average molecular weight is 505 g/mol. The number of carbonyl (C=O) groups is 3. The number of nitrogens with zero attached hydrogens (tertiary/aromatic N) is 3. The van der Waals surface area contributed by atoms with Crippen LogP contribution in [-0.4, -0.2) is 57.8 Å². The number of aryl methyl sites for hydroxylation is 1. The molecule has 0 fully saturated rings. The topological polar surface area (TPSA) is 122 Å². The number of imidazole rings is 1. The molecule has 0 saturated heterocycles. The lowest BCUT2D eigenvalue weighted by Crippen LogP contribution is -2.54. The second kappa shape index (κ2) is 12.3. The standard InChI is InChI=1S/C28H36N6O3/c1-28(2,29)27(37)31-23(16-10-13-20-11-6-5-7-12-20)25(35)32-24-18-34(19-30-24)17-21-14-8-9-15-22(21)26(36)33(3)4/h5-9,11-12,14-15,18-19,23H,10,13,16-17,29H2,1-4H3,(H,31,37)(H,32,35). The molecule has 3 aromatic rings. The summed E-state index contributed by atoms with van der Waals surface area (Å²) in [6.07, 6.45) is 5.23. The van der Waals surface area contributed by atoms with E-state index in [0.29, 0.717) is 30.8 Å². The van der Waals surface area contributed by atoms with Gasteiger partial charge in [0.1, 0.15) is 6.04 Å². The SMILES string of the molecule is CN(C)C(=O)c1ccccc1Cn1cnc(NC(=O)C(CCCc2ccccc2)NC(=O)C(C)(C)N)c1. The summed E-state index contributed by atoms with van der Waals surface area (Å²) in [6, 6.07) is 16.6. The molecule has 4 N–H and O–H groups in total. The van der Waals surface area contributed by atoms with Crippen LogP contribution in [0.25, 0.3) is 0 Å². The van der Waals surface area contributed by atoms with Crippen LogP contribution in [-0.2, 0) is 22.6 Å². The Hall–Kier alpha value is -3.98. The maximum absolute atomic E-state index is 13.1. The van der Waals surface area contributed by atoms with Crippen molar-refractivity contribution in [2.24, 2.45) is 5.73 Å². The van der Waals surface area contributed by atoms with Gasteiger partial charge in [0.2, 0.25) is 11.8 Å². The normalized spacial score (nSPS) is 12.0. The maximum Gasteiger partial charge on any atom is 0.253 e. The molecule has 0 saturated carbocycles. The van der Waals surface area contributed by atoms with Crippen molar-refractivity contribution >= 4 is 23.5 Å². The van der Waals surface area contributed by atoms with Crippen LogP contribution in [0.15, 0.2) is 67.1 Å². The van der Waals surface area contributed by atoms with Gasteiger partial charge in [-0.3, -0.25) is 14.4 Å². The summed E-state index contributed by atoms with van der Waals surface area (Å²) in [5.74, 6) is -0.490. The number of hydrogen-bond acceptors (Lipinski definition) is 5. The molecule has 0 aliphatic carbocycles. The predicted octanol–water partition coefficient (Wildman–Crippen LogP) is 2.82. The van der Waals surface area contributed by atoms with Gasteiger partial charge in [0.25, 0.3) is 5.91 Å². The summed E-state index contributed by atoms with van der Waals surface area (Å²) < 4.78 is 1.80. The van der Waals surface area contributed by atoms with Gasteiger partial charge in [-0.1, -0.05) is 48.5 Å². The van der Waals surface area contributed by atoms with E-state index in [9.17, 15) is 14.4 Å². The van der Waals surface area contributed by atoms with E-state index in [2.05, 4.69) is 15.6 Å². The van der Waals surface area contributed by atoms with Gasteiger partial charge in [-0.25, -0.2) is 4.98 Å². The van der Waals surface area contributed by atoms with Crippen LogP contribution in [0.3, 0.4) is 0 Å². The van der Waals surface area contributed by atoms with Gasteiger partial charge in [0, 0.05) is 32.4 Å². The first-order valence-corrected chi connectivity index (χ1v) is 12.3. The Morgan fingerprint density at radius 3 is 2.41 bits per heavy atom. The summed E-state index contributed by atoms with van der Waals surface area (Å²) in [5, 5.41) is 5.60. The van der Waals surface area contributed by atoms with Crippen molar-refractivity contribution in [3.63, 3.8) is 0 Å². The molecule has 196 valence electrons. The Labute approximate surface area is 218 Å². The molecule has 0 radical (unpaired) electrons. The van der Waals surface area contributed by atoms with Crippen LogP contribution in [0.2, 0.25) is 0 Å². The third-order valence-corrected chi connectivity index (χ3v) is 5.90. The minimum absolute atomic E-state index is 0.0823. The van der Waals surface area contributed by atoms with Crippen LogP contribution in [0.5, 0.6) is 0 Å². The number of benzene rings is 2. The van der Waals surface area contributed by atoms with Crippen molar-refractivity contribution in [3.8, 4) is 0 Å².